The third kappa shape index (κ3) is 3.81. The molecule has 1 aromatic heterocycles. The highest BCUT2D eigenvalue weighted by atomic mass is 35.5. The molecule has 3 N–H and O–H groups in total. The number of benzene rings is 2. The van der Waals surface area contributed by atoms with Crippen molar-refractivity contribution in [3.63, 3.8) is 0 Å². The lowest BCUT2D eigenvalue weighted by atomic mass is 10.2. The summed E-state index contributed by atoms with van der Waals surface area (Å²) in [5, 5.41) is 15.3. The van der Waals surface area contributed by atoms with Gasteiger partial charge in [-0.3, -0.25) is 5.32 Å². The second-order valence-electron chi connectivity index (χ2n) is 4.93. The molecule has 2 aromatic carbocycles. The van der Waals surface area contributed by atoms with Gasteiger partial charge in [0.05, 0.1) is 17.3 Å². The number of rotatable bonds is 4. The number of hydrogen-bond donors (Lipinski definition) is 3. The average Bonchev–Trinajstić information content (AvgIpc) is 2.95. The first-order valence-corrected chi connectivity index (χ1v) is 8.21. The maximum atomic E-state index is 12.1. The SMILES string of the molecule is COc1ccc(NC(=O)Nc2nc3ccc(Cl)cc3s2)cc1C(=O)O. The van der Waals surface area contributed by atoms with Crippen molar-refractivity contribution >= 4 is 56.0 Å². The van der Waals surface area contributed by atoms with E-state index in [0.29, 0.717) is 15.8 Å². The molecule has 0 unspecified atom stereocenters. The van der Waals surface area contributed by atoms with Crippen LogP contribution in [0, 0.1) is 0 Å². The van der Waals surface area contributed by atoms with Gasteiger partial charge in [-0.2, -0.15) is 0 Å². The van der Waals surface area contributed by atoms with Crippen LogP contribution in [-0.2, 0) is 0 Å². The maximum absolute atomic E-state index is 12.1. The van der Waals surface area contributed by atoms with E-state index in [0.717, 1.165) is 10.2 Å². The van der Waals surface area contributed by atoms with Crippen LogP contribution < -0.4 is 15.4 Å². The number of anilines is 2. The number of carbonyl (C=O) groups excluding carboxylic acids is 1. The number of aromatic carboxylic acids is 1. The van der Waals surface area contributed by atoms with Gasteiger partial charge in [0, 0.05) is 10.7 Å². The Morgan fingerprint density at radius 2 is 2.00 bits per heavy atom. The molecule has 2 amide bonds. The van der Waals surface area contributed by atoms with E-state index in [9.17, 15) is 9.59 Å². The van der Waals surface area contributed by atoms with Gasteiger partial charge in [0.25, 0.3) is 0 Å². The predicted molar refractivity (Wildman–Crippen MR) is 97.2 cm³/mol. The number of nitrogens with zero attached hydrogens (tertiary/aromatic N) is 1. The lowest BCUT2D eigenvalue weighted by Gasteiger charge is -2.09. The molecule has 0 fully saturated rings. The molecular formula is C16H12ClN3O4S. The van der Waals surface area contributed by atoms with Gasteiger partial charge in [0.1, 0.15) is 11.3 Å². The number of amides is 2. The fourth-order valence-corrected chi connectivity index (χ4v) is 3.30. The van der Waals surface area contributed by atoms with E-state index in [2.05, 4.69) is 15.6 Å². The molecule has 128 valence electrons. The molecule has 0 aliphatic carbocycles. The Hall–Kier alpha value is -2.84. The molecule has 3 rings (SSSR count). The summed E-state index contributed by atoms with van der Waals surface area (Å²) in [6.07, 6.45) is 0. The summed E-state index contributed by atoms with van der Waals surface area (Å²) in [7, 11) is 1.38. The number of ether oxygens (including phenoxy) is 1. The van der Waals surface area contributed by atoms with Crippen LogP contribution in [0.1, 0.15) is 10.4 Å². The lowest BCUT2D eigenvalue weighted by Crippen LogP contribution is -2.19. The first kappa shape index (κ1) is 17.0. The third-order valence-corrected chi connectivity index (χ3v) is 4.43. The Labute approximate surface area is 151 Å². The first-order valence-electron chi connectivity index (χ1n) is 7.01. The summed E-state index contributed by atoms with van der Waals surface area (Å²) in [5.74, 6) is -0.939. The highest BCUT2D eigenvalue weighted by molar-refractivity contribution is 7.22. The summed E-state index contributed by atoms with van der Waals surface area (Å²) in [6, 6.07) is 9.05. The van der Waals surface area contributed by atoms with Crippen LogP contribution in [-0.4, -0.2) is 29.2 Å². The molecule has 0 saturated carbocycles. The number of carbonyl (C=O) groups is 2. The summed E-state index contributed by atoms with van der Waals surface area (Å²) in [5.41, 5.74) is 0.997. The molecule has 3 aromatic rings. The van der Waals surface area contributed by atoms with Gasteiger partial charge >= 0.3 is 12.0 Å². The molecule has 0 aliphatic rings. The fourth-order valence-electron chi connectivity index (χ4n) is 2.16. The van der Waals surface area contributed by atoms with Crippen LogP contribution in [0.2, 0.25) is 5.02 Å². The minimum Gasteiger partial charge on any atom is -0.496 e. The van der Waals surface area contributed by atoms with Crippen LogP contribution in [0.15, 0.2) is 36.4 Å². The highest BCUT2D eigenvalue weighted by Crippen LogP contribution is 2.28. The van der Waals surface area contributed by atoms with Gasteiger partial charge in [-0.1, -0.05) is 22.9 Å². The zero-order valence-electron chi connectivity index (χ0n) is 12.9. The molecule has 7 nitrogen and oxygen atoms in total. The van der Waals surface area contributed by atoms with E-state index >= 15 is 0 Å². The summed E-state index contributed by atoms with van der Waals surface area (Å²) < 4.78 is 5.82. The van der Waals surface area contributed by atoms with Crippen molar-refractivity contribution in [3.8, 4) is 5.75 Å². The second-order valence-corrected chi connectivity index (χ2v) is 6.40. The van der Waals surface area contributed by atoms with Gasteiger partial charge in [0.15, 0.2) is 5.13 Å². The van der Waals surface area contributed by atoms with Crippen LogP contribution in [0.4, 0.5) is 15.6 Å². The van der Waals surface area contributed by atoms with Crippen LogP contribution in [0.5, 0.6) is 5.75 Å². The topological polar surface area (TPSA) is 101 Å². The highest BCUT2D eigenvalue weighted by Gasteiger charge is 2.13. The van der Waals surface area contributed by atoms with Crippen molar-refractivity contribution in [2.45, 2.75) is 0 Å². The number of methoxy groups -OCH3 is 1. The molecule has 25 heavy (non-hydrogen) atoms. The van der Waals surface area contributed by atoms with Crippen molar-refractivity contribution in [1.29, 1.82) is 0 Å². The number of carboxylic acid groups (broad SMARTS) is 1. The van der Waals surface area contributed by atoms with E-state index in [1.54, 1.807) is 24.3 Å². The number of hydrogen-bond acceptors (Lipinski definition) is 5. The molecule has 0 aliphatic heterocycles. The maximum Gasteiger partial charge on any atom is 0.339 e. The summed E-state index contributed by atoms with van der Waals surface area (Å²) in [4.78, 5) is 27.6. The minimum atomic E-state index is -1.15. The number of halogens is 1. The van der Waals surface area contributed by atoms with E-state index in [1.807, 2.05) is 0 Å². The van der Waals surface area contributed by atoms with Crippen molar-refractivity contribution in [2.75, 3.05) is 17.7 Å². The number of carboxylic acids is 1. The standard InChI is InChI=1S/C16H12ClN3O4S/c1-24-12-5-3-9(7-10(12)14(21)22)18-15(23)20-16-19-11-4-2-8(17)6-13(11)25-16/h2-7H,1H3,(H,21,22)(H2,18,19,20,23). The summed E-state index contributed by atoms with van der Waals surface area (Å²) in [6.45, 7) is 0. The van der Waals surface area contributed by atoms with E-state index in [-0.39, 0.29) is 11.3 Å². The molecule has 0 saturated heterocycles. The monoisotopic (exact) mass is 377 g/mol. The molecule has 9 heteroatoms. The largest absolute Gasteiger partial charge is 0.496 e. The van der Waals surface area contributed by atoms with Crippen molar-refractivity contribution in [2.24, 2.45) is 0 Å². The zero-order valence-corrected chi connectivity index (χ0v) is 14.4. The normalized spacial score (nSPS) is 10.5. The van der Waals surface area contributed by atoms with E-state index in [4.69, 9.17) is 21.4 Å². The average molecular weight is 378 g/mol. The van der Waals surface area contributed by atoms with Crippen molar-refractivity contribution in [3.05, 3.63) is 47.0 Å². The fraction of sp³-hybridized carbons (Fsp3) is 0.0625. The quantitative estimate of drug-likeness (QED) is 0.629. The second kappa shape index (κ2) is 6.96. The summed E-state index contributed by atoms with van der Waals surface area (Å²) >= 11 is 7.21. The Balaban J connectivity index is 1.75. The van der Waals surface area contributed by atoms with Gasteiger partial charge in [-0.25, -0.2) is 14.6 Å². The number of nitrogens with one attached hydrogen (secondary N) is 2. The van der Waals surface area contributed by atoms with Gasteiger partial charge in [-0.15, -0.1) is 0 Å². The van der Waals surface area contributed by atoms with Gasteiger partial charge in [-0.05, 0) is 36.4 Å². The van der Waals surface area contributed by atoms with Crippen molar-refractivity contribution in [1.82, 2.24) is 4.98 Å². The smallest absolute Gasteiger partial charge is 0.339 e. The zero-order chi connectivity index (χ0) is 18.0. The third-order valence-electron chi connectivity index (χ3n) is 3.26. The molecule has 0 radical (unpaired) electrons. The van der Waals surface area contributed by atoms with Gasteiger partial charge < -0.3 is 15.2 Å². The van der Waals surface area contributed by atoms with Crippen LogP contribution >= 0.6 is 22.9 Å². The Morgan fingerprint density at radius 3 is 2.72 bits per heavy atom. The predicted octanol–water partition coefficient (Wildman–Crippen LogP) is 4.30. The number of thiazole rings is 1. The van der Waals surface area contributed by atoms with E-state index < -0.39 is 12.0 Å². The molecule has 0 bridgehead atoms. The lowest BCUT2D eigenvalue weighted by molar-refractivity contribution is 0.0693. The number of urea groups is 1. The van der Waals surface area contributed by atoms with Crippen LogP contribution in [0.3, 0.4) is 0 Å². The Bertz CT molecular complexity index is 973. The van der Waals surface area contributed by atoms with Crippen LogP contribution in [0.25, 0.3) is 10.2 Å². The molecule has 0 atom stereocenters. The van der Waals surface area contributed by atoms with Crippen molar-refractivity contribution < 1.29 is 19.4 Å². The first-order chi connectivity index (χ1) is 12.0. The number of fused-ring (bicyclic) bond motifs is 1. The Kier molecular flexibility index (Phi) is 4.73. The molecule has 0 spiro atoms. The molecule has 1 heterocycles. The van der Waals surface area contributed by atoms with E-state index in [1.165, 1.54) is 30.6 Å². The Morgan fingerprint density at radius 1 is 1.20 bits per heavy atom. The molecular weight excluding hydrogens is 366 g/mol. The minimum absolute atomic E-state index is 0.0464. The van der Waals surface area contributed by atoms with Gasteiger partial charge in [0.2, 0.25) is 0 Å². The number of aromatic nitrogens is 1.